The molecule has 0 radical (unpaired) electrons. The third-order valence-electron chi connectivity index (χ3n) is 5.85. The smallest absolute Gasteiger partial charge is 0.343 e. The van der Waals surface area contributed by atoms with Gasteiger partial charge in [-0.2, -0.15) is 4.99 Å². The van der Waals surface area contributed by atoms with Crippen LogP contribution in [0, 0.1) is 5.41 Å². The van der Waals surface area contributed by atoms with Crippen molar-refractivity contribution in [3.05, 3.63) is 98.4 Å². The lowest BCUT2D eigenvalue weighted by atomic mass is 10.1. The summed E-state index contributed by atoms with van der Waals surface area (Å²) in [5, 5.41) is 11.6. The molecule has 0 aliphatic carbocycles. The van der Waals surface area contributed by atoms with Gasteiger partial charge in [0.05, 0.1) is 36.1 Å². The van der Waals surface area contributed by atoms with Crippen LogP contribution in [-0.2, 0) is 4.79 Å². The molecule has 0 atom stereocenters. The molecule has 2 aliphatic heterocycles. The maximum absolute atomic E-state index is 12.8. The molecule has 0 fully saturated rings. The van der Waals surface area contributed by atoms with Crippen LogP contribution in [0.4, 0.5) is 0 Å². The number of rotatable bonds is 6. The number of nitrogens with one attached hydrogen (secondary N) is 1. The van der Waals surface area contributed by atoms with Crippen LogP contribution < -0.4 is 14.2 Å². The van der Waals surface area contributed by atoms with E-state index in [1.807, 2.05) is 23.6 Å². The number of hydrogen-bond donors (Lipinski definition) is 1. The number of esters is 1. The van der Waals surface area contributed by atoms with Gasteiger partial charge < -0.3 is 14.2 Å². The first-order valence-electron chi connectivity index (χ1n) is 11.4. The Bertz CT molecular complexity index is 1630. The number of nitrogens with zero attached hydrogens (tertiary/aromatic N) is 2. The van der Waals surface area contributed by atoms with Crippen LogP contribution in [0.25, 0.3) is 11.8 Å². The van der Waals surface area contributed by atoms with E-state index in [0.717, 1.165) is 5.56 Å². The molecule has 2 aliphatic rings. The Labute approximate surface area is 238 Å². The molecule has 39 heavy (non-hydrogen) atoms. The summed E-state index contributed by atoms with van der Waals surface area (Å²) in [5.41, 5.74) is 2.22. The first-order chi connectivity index (χ1) is 18.8. The highest BCUT2D eigenvalue weighted by molar-refractivity contribution is 8.17. The number of methoxy groups -OCH3 is 2. The van der Waals surface area contributed by atoms with Crippen molar-refractivity contribution in [1.29, 1.82) is 5.41 Å². The molecule has 0 unspecified atom stereocenters. The van der Waals surface area contributed by atoms with Crippen LogP contribution in [0.3, 0.4) is 0 Å². The van der Waals surface area contributed by atoms with E-state index in [1.165, 1.54) is 50.3 Å². The predicted molar refractivity (Wildman–Crippen MR) is 153 cm³/mol. The van der Waals surface area contributed by atoms with E-state index in [1.54, 1.807) is 29.2 Å². The molecule has 0 spiro atoms. The molecule has 3 aromatic rings. The van der Waals surface area contributed by atoms with Crippen molar-refractivity contribution in [3.63, 3.8) is 0 Å². The Morgan fingerprint density at radius 1 is 0.974 bits per heavy atom. The number of amidine groups is 2. The van der Waals surface area contributed by atoms with E-state index in [0.29, 0.717) is 32.9 Å². The van der Waals surface area contributed by atoms with Crippen molar-refractivity contribution in [2.24, 2.45) is 4.99 Å². The number of fused-ring (bicyclic) bond motifs is 1. The molecule has 5 rings (SSSR count). The van der Waals surface area contributed by atoms with Crippen molar-refractivity contribution >= 4 is 69.6 Å². The predicted octanol–water partition coefficient (Wildman–Crippen LogP) is 6.53. The van der Waals surface area contributed by atoms with Gasteiger partial charge in [0.15, 0.2) is 16.7 Å². The lowest BCUT2D eigenvalue weighted by molar-refractivity contribution is -0.114. The van der Waals surface area contributed by atoms with Gasteiger partial charge in [-0.3, -0.25) is 15.1 Å². The largest absolute Gasteiger partial charge is 0.493 e. The molecule has 196 valence electrons. The number of carbonyl (C=O) groups is 2. The number of thioether (sulfide) groups is 1. The fraction of sp³-hybridized carbons (Fsp3) is 0.0714. The maximum atomic E-state index is 12.8. The van der Waals surface area contributed by atoms with Crippen molar-refractivity contribution in [2.75, 3.05) is 14.2 Å². The van der Waals surface area contributed by atoms with Crippen LogP contribution in [-0.4, -0.2) is 42.0 Å². The molecule has 11 heteroatoms. The number of carbonyl (C=O) groups excluding carboxylic acids is 2. The first kappa shape index (κ1) is 26.6. The minimum absolute atomic E-state index is 0.0405. The van der Waals surface area contributed by atoms with Gasteiger partial charge in [-0.1, -0.05) is 59.2 Å². The molecular weight excluding hydrogens is 561 g/mol. The molecule has 0 saturated carbocycles. The van der Waals surface area contributed by atoms with E-state index in [2.05, 4.69) is 4.99 Å². The summed E-state index contributed by atoms with van der Waals surface area (Å²) in [6, 6.07) is 16.6. The van der Waals surface area contributed by atoms with Crippen LogP contribution in [0.15, 0.2) is 76.6 Å². The Balaban J connectivity index is 1.38. The van der Waals surface area contributed by atoms with Crippen molar-refractivity contribution in [1.82, 2.24) is 4.90 Å². The lowest BCUT2D eigenvalue weighted by Gasteiger charge is -2.27. The fourth-order valence-electron chi connectivity index (χ4n) is 3.94. The van der Waals surface area contributed by atoms with Gasteiger partial charge in [-0.25, -0.2) is 4.79 Å². The number of ether oxygens (including phenoxy) is 3. The van der Waals surface area contributed by atoms with Gasteiger partial charge in [0, 0.05) is 16.0 Å². The highest BCUT2D eigenvalue weighted by Gasteiger charge is 2.36. The van der Waals surface area contributed by atoms with Crippen molar-refractivity contribution < 1.29 is 23.8 Å². The van der Waals surface area contributed by atoms with Crippen molar-refractivity contribution in [2.45, 2.75) is 0 Å². The monoisotopic (exact) mass is 579 g/mol. The first-order valence-corrected chi connectivity index (χ1v) is 13.0. The molecule has 2 heterocycles. The minimum atomic E-state index is -0.638. The second-order valence-corrected chi connectivity index (χ2v) is 9.84. The average molecular weight is 580 g/mol. The van der Waals surface area contributed by atoms with Gasteiger partial charge in [-0.15, -0.1) is 0 Å². The van der Waals surface area contributed by atoms with E-state index in [-0.39, 0.29) is 27.7 Å². The second kappa shape index (κ2) is 11.0. The SMILES string of the molecule is COc1ccc(C(=O)Oc2ccc(/C=C3/C(=N)N4C(c5ccccc5Cl)=CSC4=NC3=O)cc2Cl)cc1OC. The number of benzene rings is 3. The van der Waals surface area contributed by atoms with Gasteiger partial charge in [0.25, 0.3) is 5.91 Å². The summed E-state index contributed by atoms with van der Waals surface area (Å²) < 4.78 is 15.9. The number of amides is 1. The van der Waals surface area contributed by atoms with Crippen LogP contribution >= 0.6 is 35.0 Å². The summed E-state index contributed by atoms with van der Waals surface area (Å²) in [6.07, 6.45) is 1.52. The Morgan fingerprint density at radius 3 is 2.44 bits per heavy atom. The van der Waals surface area contributed by atoms with E-state index in [9.17, 15) is 9.59 Å². The number of aliphatic imine (C=N–C) groups is 1. The third kappa shape index (κ3) is 5.16. The summed E-state index contributed by atoms with van der Waals surface area (Å²) in [5.74, 6) is -0.238. The minimum Gasteiger partial charge on any atom is -0.493 e. The zero-order valence-electron chi connectivity index (χ0n) is 20.5. The molecule has 3 aromatic carbocycles. The summed E-state index contributed by atoms with van der Waals surface area (Å²) in [6.45, 7) is 0. The van der Waals surface area contributed by atoms with Gasteiger partial charge in [0.1, 0.15) is 11.6 Å². The summed E-state index contributed by atoms with van der Waals surface area (Å²) in [7, 11) is 2.97. The molecule has 1 N–H and O–H groups in total. The normalized spacial score (nSPS) is 15.6. The summed E-state index contributed by atoms with van der Waals surface area (Å²) in [4.78, 5) is 31.2. The Morgan fingerprint density at radius 2 is 1.72 bits per heavy atom. The zero-order valence-corrected chi connectivity index (χ0v) is 22.9. The average Bonchev–Trinajstić information content (AvgIpc) is 3.35. The fourth-order valence-corrected chi connectivity index (χ4v) is 5.28. The Kier molecular flexibility index (Phi) is 7.47. The third-order valence-corrected chi connectivity index (χ3v) is 7.30. The topological polar surface area (TPSA) is 101 Å². The van der Waals surface area contributed by atoms with Crippen LogP contribution in [0.2, 0.25) is 10.0 Å². The van der Waals surface area contributed by atoms with E-state index >= 15 is 0 Å². The Hall–Kier alpha value is -4.05. The molecule has 0 saturated heterocycles. The molecular formula is C28H19Cl2N3O5S. The van der Waals surface area contributed by atoms with Gasteiger partial charge >= 0.3 is 5.97 Å². The molecule has 0 aromatic heterocycles. The standard InChI is InChI=1S/C28H19Cl2N3O5S/c1-36-23-10-8-16(13-24(23)37-2)27(35)38-22-9-7-15(12-20(22)30)11-18-25(31)33-21(14-39-28(33)32-26(18)34)17-5-3-4-6-19(17)29/h3-14,31H,1-2H3/b18-11-,31-25?. The van der Waals surface area contributed by atoms with E-state index in [4.69, 9.17) is 42.8 Å². The second-order valence-electron chi connectivity index (χ2n) is 8.19. The quantitative estimate of drug-likeness (QED) is 0.201. The van der Waals surface area contributed by atoms with Gasteiger partial charge in [0.2, 0.25) is 0 Å². The highest BCUT2D eigenvalue weighted by Crippen LogP contribution is 2.40. The molecule has 8 nitrogen and oxygen atoms in total. The summed E-state index contributed by atoms with van der Waals surface area (Å²) >= 11 is 14.0. The number of hydrogen-bond acceptors (Lipinski definition) is 7. The molecule has 0 bridgehead atoms. The zero-order chi connectivity index (χ0) is 27.7. The number of halogens is 2. The van der Waals surface area contributed by atoms with E-state index < -0.39 is 11.9 Å². The maximum Gasteiger partial charge on any atom is 0.343 e. The molecule has 1 amide bonds. The van der Waals surface area contributed by atoms with Crippen LogP contribution in [0.1, 0.15) is 21.5 Å². The van der Waals surface area contributed by atoms with Crippen molar-refractivity contribution in [3.8, 4) is 17.2 Å². The van der Waals surface area contributed by atoms with Crippen LogP contribution in [0.5, 0.6) is 17.2 Å². The lowest BCUT2D eigenvalue weighted by Crippen LogP contribution is -2.38. The highest BCUT2D eigenvalue weighted by atomic mass is 35.5. The van der Waals surface area contributed by atoms with Gasteiger partial charge in [-0.05, 0) is 48.0 Å².